The lowest BCUT2D eigenvalue weighted by molar-refractivity contribution is -0.118. The van der Waals surface area contributed by atoms with E-state index in [2.05, 4.69) is 5.32 Å². The second-order valence-corrected chi connectivity index (χ2v) is 4.76. The molecule has 1 rings (SSSR count). The van der Waals surface area contributed by atoms with Crippen LogP contribution in [0.3, 0.4) is 0 Å². The van der Waals surface area contributed by atoms with E-state index in [9.17, 15) is 9.59 Å². The molecule has 5 N–H and O–H groups in total. The SMILES string of the molecule is CN(CCCC(=O)Nc1ccc(CN)cc1)CC(N)=O. The van der Waals surface area contributed by atoms with Gasteiger partial charge in [0.15, 0.2) is 0 Å². The first-order valence-electron chi connectivity index (χ1n) is 6.57. The maximum Gasteiger partial charge on any atom is 0.231 e. The van der Waals surface area contributed by atoms with Gasteiger partial charge in [-0.1, -0.05) is 12.1 Å². The number of carbonyl (C=O) groups excluding carboxylic acids is 2. The van der Waals surface area contributed by atoms with Gasteiger partial charge < -0.3 is 16.8 Å². The van der Waals surface area contributed by atoms with Gasteiger partial charge >= 0.3 is 0 Å². The molecule has 6 heteroatoms. The van der Waals surface area contributed by atoms with Crippen molar-refractivity contribution in [3.8, 4) is 0 Å². The molecule has 6 nitrogen and oxygen atoms in total. The second kappa shape index (κ2) is 8.29. The fraction of sp³-hybridized carbons (Fsp3) is 0.429. The van der Waals surface area contributed by atoms with Crippen LogP contribution in [0.1, 0.15) is 18.4 Å². The topological polar surface area (TPSA) is 101 Å². The van der Waals surface area contributed by atoms with Gasteiger partial charge in [0, 0.05) is 18.7 Å². The maximum absolute atomic E-state index is 11.7. The molecular formula is C14H22N4O2. The van der Waals surface area contributed by atoms with E-state index < -0.39 is 0 Å². The van der Waals surface area contributed by atoms with Crippen LogP contribution in [0.5, 0.6) is 0 Å². The molecule has 0 fully saturated rings. The highest BCUT2D eigenvalue weighted by molar-refractivity contribution is 5.90. The van der Waals surface area contributed by atoms with Gasteiger partial charge in [0.1, 0.15) is 0 Å². The van der Waals surface area contributed by atoms with Crippen molar-refractivity contribution < 1.29 is 9.59 Å². The largest absolute Gasteiger partial charge is 0.369 e. The van der Waals surface area contributed by atoms with Gasteiger partial charge in [-0.2, -0.15) is 0 Å². The predicted octanol–water partition coefficient (Wildman–Crippen LogP) is 0.281. The summed E-state index contributed by atoms with van der Waals surface area (Å²) < 4.78 is 0. The third-order valence-corrected chi connectivity index (χ3v) is 2.84. The van der Waals surface area contributed by atoms with Gasteiger partial charge in [-0.05, 0) is 37.7 Å². The molecule has 20 heavy (non-hydrogen) atoms. The van der Waals surface area contributed by atoms with Gasteiger partial charge in [0.25, 0.3) is 0 Å². The van der Waals surface area contributed by atoms with Crippen LogP contribution in [0.25, 0.3) is 0 Å². The Hall–Kier alpha value is -1.92. The van der Waals surface area contributed by atoms with Crippen LogP contribution in [-0.4, -0.2) is 36.9 Å². The van der Waals surface area contributed by atoms with Gasteiger partial charge in [0.2, 0.25) is 11.8 Å². The molecule has 0 saturated heterocycles. The Morgan fingerprint density at radius 2 is 1.90 bits per heavy atom. The monoisotopic (exact) mass is 278 g/mol. The van der Waals surface area contributed by atoms with Crippen LogP contribution in [-0.2, 0) is 16.1 Å². The molecule has 0 atom stereocenters. The smallest absolute Gasteiger partial charge is 0.231 e. The Morgan fingerprint density at radius 3 is 2.45 bits per heavy atom. The summed E-state index contributed by atoms with van der Waals surface area (Å²) in [6.45, 7) is 1.35. The van der Waals surface area contributed by atoms with Crippen molar-refractivity contribution in [2.45, 2.75) is 19.4 Å². The number of nitrogens with zero attached hydrogens (tertiary/aromatic N) is 1. The first kappa shape index (κ1) is 16.1. The average Bonchev–Trinajstić information content (AvgIpc) is 2.38. The molecule has 0 aliphatic carbocycles. The molecule has 0 bridgehead atoms. The number of hydrogen-bond acceptors (Lipinski definition) is 4. The number of hydrogen-bond donors (Lipinski definition) is 3. The maximum atomic E-state index is 11.7. The van der Waals surface area contributed by atoms with Crippen molar-refractivity contribution in [1.82, 2.24) is 4.90 Å². The molecule has 0 radical (unpaired) electrons. The van der Waals surface area contributed by atoms with E-state index in [-0.39, 0.29) is 18.4 Å². The van der Waals surface area contributed by atoms with E-state index in [0.29, 0.717) is 25.9 Å². The lowest BCUT2D eigenvalue weighted by Crippen LogP contribution is -2.31. The van der Waals surface area contributed by atoms with Crippen molar-refractivity contribution in [3.05, 3.63) is 29.8 Å². The summed E-state index contributed by atoms with van der Waals surface area (Å²) in [5.41, 5.74) is 12.4. The minimum Gasteiger partial charge on any atom is -0.369 e. The highest BCUT2D eigenvalue weighted by Gasteiger charge is 2.05. The quantitative estimate of drug-likeness (QED) is 0.635. The van der Waals surface area contributed by atoms with Gasteiger partial charge in [0.05, 0.1) is 6.54 Å². The number of primary amides is 1. The Balaban J connectivity index is 2.27. The Kier molecular flexibility index (Phi) is 6.69. The second-order valence-electron chi connectivity index (χ2n) is 4.76. The lowest BCUT2D eigenvalue weighted by Gasteiger charge is -2.13. The van der Waals surface area contributed by atoms with Gasteiger partial charge in [-0.3, -0.25) is 14.5 Å². The number of anilines is 1. The third kappa shape index (κ3) is 6.31. The zero-order valence-electron chi connectivity index (χ0n) is 11.8. The number of nitrogens with one attached hydrogen (secondary N) is 1. The van der Waals surface area contributed by atoms with Crippen LogP contribution in [0.15, 0.2) is 24.3 Å². The van der Waals surface area contributed by atoms with Crippen molar-refractivity contribution in [1.29, 1.82) is 0 Å². The summed E-state index contributed by atoms with van der Waals surface area (Å²) in [6.07, 6.45) is 1.08. The minimum atomic E-state index is -0.364. The molecule has 0 aliphatic rings. The molecule has 1 aromatic carbocycles. The average molecular weight is 278 g/mol. The molecule has 1 aromatic rings. The van der Waals surface area contributed by atoms with E-state index in [1.165, 1.54) is 0 Å². The number of amides is 2. The molecule has 2 amide bonds. The molecular weight excluding hydrogens is 256 g/mol. The van der Waals surface area contributed by atoms with Crippen LogP contribution in [0.4, 0.5) is 5.69 Å². The highest BCUT2D eigenvalue weighted by atomic mass is 16.2. The van der Waals surface area contributed by atoms with Crippen LogP contribution in [0, 0.1) is 0 Å². The summed E-state index contributed by atoms with van der Waals surface area (Å²) in [5.74, 6) is -0.407. The Bertz CT molecular complexity index is 445. The van der Waals surface area contributed by atoms with Gasteiger partial charge in [-0.25, -0.2) is 0 Å². The number of nitrogens with two attached hydrogens (primary N) is 2. The van der Waals surface area contributed by atoms with E-state index in [1.54, 1.807) is 11.9 Å². The summed E-state index contributed by atoms with van der Waals surface area (Å²) in [7, 11) is 1.80. The first-order valence-corrected chi connectivity index (χ1v) is 6.57. The zero-order valence-corrected chi connectivity index (χ0v) is 11.8. The molecule has 0 aromatic heterocycles. The fourth-order valence-corrected chi connectivity index (χ4v) is 1.80. The molecule has 0 spiro atoms. The Labute approximate surface area is 119 Å². The summed E-state index contributed by atoms with van der Waals surface area (Å²) in [4.78, 5) is 24.2. The third-order valence-electron chi connectivity index (χ3n) is 2.84. The lowest BCUT2D eigenvalue weighted by atomic mass is 10.2. The van der Waals surface area contributed by atoms with Crippen molar-refractivity contribution in [2.75, 3.05) is 25.5 Å². The minimum absolute atomic E-state index is 0.0435. The summed E-state index contributed by atoms with van der Waals surface area (Å²) >= 11 is 0. The van der Waals surface area contributed by atoms with Crippen LogP contribution < -0.4 is 16.8 Å². The number of rotatable bonds is 8. The predicted molar refractivity (Wildman–Crippen MR) is 78.9 cm³/mol. The molecule has 0 unspecified atom stereocenters. The van der Waals surface area contributed by atoms with Crippen LogP contribution >= 0.6 is 0 Å². The number of carbonyl (C=O) groups is 2. The summed E-state index contributed by atoms with van der Waals surface area (Å²) in [6, 6.07) is 7.44. The van der Waals surface area contributed by atoms with E-state index in [4.69, 9.17) is 11.5 Å². The molecule has 110 valence electrons. The number of likely N-dealkylation sites (N-methyl/N-ethyl adjacent to an activating group) is 1. The first-order chi connectivity index (χ1) is 9.51. The van der Waals surface area contributed by atoms with Crippen molar-refractivity contribution in [3.63, 3.8) is 0 Å². The van der Waals surface area contributed by atoms with E-state index >= 15 is 0 Å². The van der Waals surface area contributed by atoms with Crippen LogP contribution in [0.2, 0.25) is 0 Å². The van der Waals surface area contributed by atoms with Gasteiger partial charge in [-0.15, -0.1) is 0 Å². The van der Waals surface area contributed by atoms with Crippen molar-refractivity contribution in [2.24, 2.45) is 11.5 Å². The molecule has 0 saturated carbocycles. The van der Waals surface area contributed by atoms with E-state index in [0.717, 1.165) is 11.3 Å². The molecule has 0 heterocycles. The standard InChI is InChI=1S/C14H22N4O2/c1-18(10-13(16)19)8-2-3-14(20)17-12-6-4-11(9-15)5-7-12/h4-7H,2-3,8-10,15H2,1H3,(H2,16,19)(H,17,20). The summed E-state index contributed by atoms with van der Waals surface area (Å²) in [5, 5.41) is 2.82. The normalized spacial score (nSPS) is 10.6. The highest BCUT2D eigenvalue weighted by Crippen LogP contribution is 2.09. The zero-order chi connectivity index (χ0) is 15.0. The van der Waals surface area contributed by atoms with Crippen molar-refractivity contribution >= 4 is 17.5 Å². The van der Waals surface area contributed by atoms with E-state index in [1.807, 2.05) is 24.3 Å². The Morgan fingerprint density at radius 1 is 1.25 bits per heavy atom. The fourth-order valence-electron chi connectivity index (χ4n) is 1.80. The number of benzene rings is 1. The molecule has 0 aliphatic heterocycles.